The molecule has 4 nitrogen and oxygen atoms in total. The van der Waals surface area contributed by atoms with Crippen LogP contribution in [0.3, 0.4) is 0 Å². The molecule has 0 aromatic carbocycles. The second-order valence-electron chi connectivity index (χ2n) is 4.10. The van der Waals surface area contributed by atoms with Gasteiger partial charge in [0.2, 0.25) is 0 Å². The van der Waals surface area contributed by atoms with Gasteiger partial charge in [0.25, 0.3) is 0 Å². The lowest BCUT2D eigenvalue weighted by Crippen LogP contribution is -2.44. The summed E-state index contributed by atoms with van der Waals surface area (Å²) in [5, 5.41) is 7.10. The van der Waals surface area contributed by atoms with Crippen LogP contribution in [0.25, 0.3) is 0 Å². The van der Waals surface area contributed by atoms with Gasteiger partial charge in [-0.1, -0.05) is 0 Å². The maximum absolute atomic E-state index is 10.9. The largest absolute Gasteiger partial charge is 0.564 e. The summed E-state index contributed by atoms with van der Waals surface area (Å²) in [6.45, 7) is 7.52. The van der Waals surface area contributed by atoms with E-state index in [4.69, 9.17) is 9.84 Å². The van der Waals surface area contributed by atoms with Gasteiger partial charge in [-0.05, 0) is 13.8 Å². The lowest BCUT2D eigenvalue weighted by molar-refractivity contribution is -0.148. The van der Waals surface area contributed by atoms with Crippen molar-refractivity contribution in [3.8, 4) is 0 Å². The van der Waals surface area contributed by atoms with Gasteiger partial charge >= 0.3 is 5.97 Å². The molecule has 1 heterocycles. The van der Waals surface area contributed by atoms with E-state index in [0.717, 1.165) is 26.3 Å². The maximum Gasteiger partial charge on any atom is 0.522 e. The number of nitrogens with zero attached hydrogens (tertiary/aromatic N) is 1. The zero-order valence-corrected chi connectivity index (χ0v) is 8.30. The molecule has 1 aliphatic rings. The third-order valence-corrected chi connectivity index (χ3v) is 2.34. The Balaban J connectivity index is 2.41. The van der Waals surface area contributed by atoms with Crippen LogP contribution in [-0.2, 0) is 9.53 Å². The summed E-state index contributed by atoms with van der Waals surface area (Å²) in [7, 11) is 0. The first-order chi connectivity index (χ1) is 6.02. The van der Waals surface area contributed by atoms with E-state index in [1.807, 2.05) is 13.8 Å². The summed E-state index contributed by atoms with van der Waals surface area (Å²) in [5.41, 5.74) is -0.544. The van der Waals surface area contributed by atoms with Crippen LogP contribution in [0.1, 0.15) is 13.8 Å². The van der Waals surface area contributed by atoms with Crippen LogP contribution in [0.4, 0.5) is 0 Å². The number of hydrogen-bond donors (Lipinski definition) is 0. The SMILES string of the molecule is CC(C)(CN1CCOCC1)C(=O)[OH2+]. The van der Waals surface area contributed by atoms with Crippen LogP contribution >= 0.6 is 0 Å². The highest BCUT2D eigenvalue weighted by atomic mass is 16.5. The van der Waals surface area contributed by atoms with Crippen molar-refractivity contribution in [3.63, 3.8) is 0 Å². The standard InChI is InChI=1S/C9H17NO3/c1-9(2,8(11)12)7-10-3-5-13-6-4-10/h3-7H2,1-2H3,(H,11,12)/p+1. The van der Waals surface area contributed by atoms with Gasteiger partial charge in [0.15, 0.2) is 0 Å². The Morgan fingerprint density at radius 3 is 2.46 bits per heavy atom. The Morgan fingerprint density at radius 1 is 1.46 bits per heavy atom. The molecule has 0 radical (unpaired) electrons. The Bertz CT molecular complexity index is 185. The molecule has 0 saturated carbocycles. The van der Waals surface area contributed by atoms with Gasteiger partial charge in [-0.2, -0.15) is 0 Å². The van der Waals surface area contributed by atoms with Crippen LogP contribution in [-0.4, -0.2) is 48.8 Å². The fourth-order valence-corrected chi connectivity index (χ4v) is 1.39. The average molecular weight is 188 g/mol. The number of rotatable bonds is 3. The van der Waals surface area contributed by atoms with E-state index in [-0.39, 0.29) is 0 Å². The molecule has 0 bridgehead atoms. The predicted molar refractivity (Wildman–Crippen MR) is 49.7 cm³/mol. The van der Waals surface area contributed by atoms with Gasteiger partial charge in [0, 0.05) is 24.4 Å². The quantitative estimate of drug-likeness (QED) is 0.566. The molecule has 0 atom stereocenters. The Kier molecular flexibility index (Phi) is 3.27. The van der Waals surface area contributed by atoms with Crippen molar-refractivity contribution >= 4 is 5.97 Å². The van der Waals surface area contributed by atoms with Crippen molar-refractivity contribution in [2.75, 3.05) is 32.8 Å². The van der Waals surface area contributed by atoms with Crippen LogP contribution in [0.2, 0.25) is 0 Å². The minimum atomic E-state index is -0.544. The van der Waals surface area contributed by atoms with Crippen molar-refractivity contribution in [1.29, 1.82) is 0 Å². The molecule has 0 spiro atoms. The van der Waals surface area contributed by atoms with Gasteiger partial charge in [0.05, 0.1) is 13.2 Å². The van der Waals surface area contributed by atoms with Crippen LogP contribution in [0, 0.1) is 5.41 Å². The molecule has 0 aromatic rings. The van der Waals surface area contributed by atoms with E-state index in [0.29, 0.717) is 6.54 Å². The van der Waals surface area contributed by atoms with Gasteiger partial charge in [-0.25, -0.2) is 0 Å². The van der Waals surface area contributed by atoms with Gasteiger partial charge in [0.1, 0.15) is 5.41 Å². The minimum Gasteiger partial charge on any atom is -0.564 e. The lowest BCUT2D eigenvalue weighted by atomic mass is 9.93. The van der Waals surface area contributed by atoms with Crippen molar-refractivity contribution in [2.45, 2.75) is 13.8 Å². The van der Waals surface area contributed by atoms with E-state index in [1.165, 1.54) is 0 Å². The molecule has 1 rings (SSSR count). The molecule has 76 valence electrons. The molecule has 2 N–H and O–H groups in total. The molecule has 0 aliphatic carbocycles. The molecule has 1 fully saturated rings. The second-order valence-corrected chi connectivity index (χ2v) is 4.10. The fraction of sp³-hybridized carbons (Fsp3) is 0.889. The molecule has 0 amide bonds. The highest BCUT2D eigenvalue weighted by Crippen LogP contribution is 2.17. The van der Waals surface area contributed by atoms with Crippen LogP contribution in [0.15, 0.2) is 0 Å². The zero-order valence-electron chi connectivity index (χ0n) is 8.30. The second kappa shape index (κ2) is 4.07. The third kappa shape index (κ3) is 2.97. The summed E-state index contributed by atoms with van der Waals surface area (Å²) >= 11 is 0. The smallest absolute Gasteiger partial charge is 0.522 e. The van der Waals surface area contributed by atoms with Crippen molar-refractivity contribution in [1.82, 2.24) is 4.90 Å². The molecular formula is C9H18NO3+. The molecule has 1 aliphatic heterocycles. The van der Waals surface area contributed by atoms with E-state index in [2.05, 4.69) is 4.90 Å². The summed E-state index contributed by atoms with van der Waals surface area (Å²) in [4.78, 5) is 13.1. The molecule has 4 heteroatoms. The first-order valence-electron chi connectivity index (χ1n) is 4.58. The lowest BCUT2D eigenvalue weighted by Gasteiger charge is -2.30. The minimum absolute atomic E-state index is 0.487. The van der Waals surface area contributed by atoms with E-state index in [1.54, 1.807) is 0 Å². The highest BCUT2D eigenvalue weighted by Gasteiger charge is 2.36. The van der Waals surface area contributed by atoms with E-state index >= 15 is 0 Å². The van der Waals surface area contributed by atoms with Crippen LogP contribution < -0.4 is 0 Å². The van der Waals surface area contributed by atoms with Gasteiger partial charge in [-0.15, -0.1) is 0 Å². The number of ether oxygens (including phenoxy) is 1. The van der Waals surface area contributed by atoms with Crippen molar-refractivity contribution in [2.24, 2.45) is 5.41 Å². The number of morpholine rings is 1. The molecule has 0 aromatic heterocycles. The first kappa shape index (κ1) is 10.5. The molecule has 1 saturated heterocycles. The first-order valence-corrected chi connectivity index (χ1v) is 4.58. The third-order valence-electron chi connectivity index (χ3n) is 2.34. The van der Waals surface area contributed by atoms with Gasteiger partial charge in [-0.3, -0.25) is 4.90 Å². The number of carbonyl (C=O) groups excluding carboxylic acids is 1. The fourth-order valence-electron chi connectivity index (χ4n) is 1.39. The molecule has 0 unspecified atom stereocenters. The summed E-state index contributed by atoms with van der Waals surface area (Å²) in [5.74, 6) is -0.487. The molecular weight excluding hydrogens is 170 g/mol. The highest BCUT2D eigenvalue weighted by molar-refractivity contribution is 5.73. The van der Waals surface area contributed by atoms with E-state index < -0.39 is 11.4 Å². The number of hydrogen-bond acceptors (Lipinski definition) is 3. The van der Waals surface area contributed by atoms with E-state index in [9.17, 15) is 4.79 Å². The predicted octanol–water partition coefficient (Wildman–Crippen LogP) is -0.404. The Labute approximate surface area is 78.5 Å². The summed E-state index contributed by atoms with van der Waals surface area (Å²) in [6, 6.07) is 0. The zero-order chi connectivity index (χ0) is 9.90. The topological polar surface area (TPSA) is 52.4 Å². The van der Waals surface area contributed by atoms with Crippen molar-refractivity contribution < 1.29 is 14.6 Å². The Hall–Kier alpha value is -0.610. The summed E-state index contributed by atoms with van der Waals surface area (Å²) in [6.07, 6.45) is 0. The maximum atomic E-state index is 10.9. The monoisotopic (exact) mass is 188 g/mol. The summed E-state index contributed by atoms with van der Waals surface area (Å²) < 4.78 is 5.20. The molecule has 13 heavy (non-hydrogen) atoms. The van der Waals surface area contributed by atoms with Crippen molar-refractivity contribution in [3.05, 3.63) is 0 Å². The number of carbonyl (C=O) groups is 1. The Morgan fingerprint density at radius 2 is 2.00 bits per heavy atom. The average Bonchev–Trinajstić information content (AvgIpc) is 2.05. The van der Waals surface area contributed by atoms with Gasteiger partial charge < -0.3 is 9.84 Å². The van der Waals surface area contributed by atoms with Crippen LogP contribution in [0.5, 0.6) is 0 Å². The normalized spacial score (nSPS) is 20.2.